The molecule has 0 spiro atoms. The zero-order valence-electron chi connectivity index (χ0n) is 14.2. The van der Waals surface area contributed by atoms with E-state index in [9.17, 15) is 9.18 Å². The number of H-pyrrole nitrogens is 1. The van der Waals surface area contributed by atoms with Crippen LogP contribution in [0.2, 0.25) is 0 Å². The molecule has 0 aliphatic heterocycles. The summed E-state index contributed by atoms with van der Waals surface area (Å²) >= 11 is 0. The molecule has 0 saturated carbocycles. The van der Waals surface area contributed by atoms with Crippen LogP contribution in [0.3, 0.4) is 0 Å². The Morgan fingerprint density at radius 1 is 1.12 bits per heavy atom. The summed E-state index contributed by atoms with van der Waals surface area (Å²) in [6.45, 7) is 3.68. The predicted molar refractivity (Wildman–Crippen MR) is 98.2 cm³/mol. The van der Waals surface area contributed by atoms with Gasteiger partial charge in [0.1, 0.15) is 5.82 Å². The number of nitrogens with zero attached hydrogens (tertiary/aromatic N) is 3. The number of aryl methyl sites for hydroxylation is 2. The zero-order chi connectivity index (χ0) is 18.3. The van der Waals surface area contributed by atoms with Crippen molar-refractivity contribution in [3.05, 3.63) is 76.0 Å². The monoisotopic (exact) mass is 349 g/mol. The molecule has 0 atom stereocenters. The molecule has 2 aromatic carbocycles. The third-order valence-electron chi connectivity index (χ3n) is 4.13. The maximum absolute atomic E-state index is 13.5. The van der Waals surface area contributed by atoms with E-state index in [2.05, 4.69) is 20.5 Å². The van der Waals surface area contributed by atoms with Gasteiger partial charge in [-0.05, 0) is 43.7 Å². The maximum Gasteiger partial charge on any atom is 0.350 e. The van der Waals surface area contributed by atoms with Crippen LogP contribution in [0.5, 0.6) is 0 Å². The van der Waals surface area contributed by atoms with Gasteiger partial charge in [0.15, 0.2) is 5.65 Å². The molecule has 0 aliphatic rings. The van der Waals surface area contributed by atoms with Crippen LogP contribution in [0.15, 0.2) is 53.3 Å². The average Bonchev–Trinajstić information content (AvgIpc) is 2.99. The number of benzene rings is 2. The molecule has 26 heavy (non-hydrogen) atoms. The Morgan fingerprint density at radius 3 is 2.73 bits per heavy atom. The van der Waals surface area contributed by atoms with Crippen molar-refractivity contribution in [3.8, 4) is 11.3 Å². The molecule has 0 radical (unpaired) electrons. The van der Waals surface area contributed by atoms with E-state index in [-0.39, 0.29) is 5.82 Å². The van der Waals surface area contributed by atoms with Crippen molar-refractivity contribution in [2.75, 3.05) is 5.32 Å². The van der Waals surface area contributed by atoms with Crippen LogP contribution in [0.1, 0.15) is 11.1 Å². The number of nitrogens with one attached hydrogen (secondary N) is 2. The third kappa shape index (κ3) is 2.83. The number of aromatic nitrogens is 4. The fourth-order valence-corrected chi connectivity index (χ4v) is 2.82. The van der Waals surface area contributed by atoms with Crippen LogP contribution in [0.4, 0.5) is 16.0 Å². The molecule has 130 valence electrons. The number of halogens is 1. The minimum atomic E-state index is -0.398. The molecule has 0 saturated heterocycles. The Labute approximate surface area is 148 Å². The third-order valence-corrected chi connectivity index (χ3v) is 4.13. The normalized spacial score (nSPS) is 11.0. The molecule has 2 N–H and O–H groups in total. The molecular formula is C19H16FN5O. The van der Waals surface area contributed by atoms with Crippen molar-refractivity contribution in [2.24, 2.45) is 0 Å². The van der Waals surface area contributed by atoms with Gasteiger partial charge in [0, 0.05) is 17.3 Å². The molecule has 2 aromatic heterocycles. The van der Waals surface area contributed by atoms with E-state index < -0.39 is 5.69 Å². The lowest BCUT2D eigenvalue weighted by molar-refractivity contribution is 0.619. The van der Waals surface area contributed by atoms with Gasteiger partial charge in [-0.25, -0.2) is 23.7 Å². The number of rotatable bonds is 3. The summed E-state index contributed by atoms with van der Waals surface area (Å²) in [6, 6.07) is 14.3. The number of anilines is 2. The molecule has 0 amide bonds. The van der Waals surface area contributed by atoms with Gasteiger partial charge in [-0.15, -0.1) is 0 Å². The van der Waals surface area contributed by atoms with Crippen LogP contribution < -0.4 is 11.0 Å². The Bertz CT molecular complexity index is 1180. The van der Waals surface area contributed by atoms with Gasteiger partial charge in [-0.3, -0.25) is 0 Å². The van der Waals surface area contributed by atoms with Crippen LogP contribution in [-0.4, -0.2) is 19.6 Å². The fraction of sp³-hybridized carbons (Fsp3) is 0.105. The van der Waals surface area contributed by atoms with Gasteiger partial charge in [0.25, 0.3) is 0 Å². The summed E-state index contributed by atoms with van der Waals surface area (Å²) in [6.07, 6.45) is 0. The largest absolute Gasteiger partial charge is 0.350 e. The molecule has 4 aromatic rings. The quantitative estimate of drug-likeness (QED) is 0.593. The highest BCUT2D eigenvalue weighted by molar-refractivity contribution is 5.68. The van der Waals surface area contributed by atoms with Crippen molar-refractivity contribution in [3.63, 3.8) is 0 Å². The Morgan fingerprint density at radius 2 is 1.96 bits per heavy atom. The molecule has 0 fully saturated rings. The van der Waals surface area contributed by atoms with Crippen molar-refractivity contribution in [1.82, 2.24) is 19.6 Å². The summed E-state index contributed by atoms with van der Waals surface area (Å²) < 4.78 is 14.9. The summed E-state index contributed by atoms with van der Waals surface area (Å²) in [5.41, 5.74) is 3.88. The lowest BCUT2D eigenvalue weighted by Gasteiger charge is -2.11. The molecule has 2 heterocycles. The lowest BCUT2D eigenvalue weighted by atomic mass is 10.1. The summed E-state index contributed by atoms with van der Waals surface area (Å²) in [5.74, 6) is 0.0198. The molecule has 0 aliphatic carbocycles. The molecule has 0 bridgehead atoms. The minimum Gasteiger partial charge on any atom is -0.325 e. The van der Waals surface area contributed by atoms with E-state index in [1.807, 2.05) is 31.2 Å². The van der Waals surface area contributed by atoms with E-state index >= 15 is 0 Å². The zero-order valence-corrected chi connectivity index (χ0v) is 14.2. The number of hydrogen-bond donors (Lipinski definition) is 2. The first-order chi connectivity index (χ1) is 12.5. The van der Waals surface area contributed by atoms with Gasteiger partial charge in [-0.1, -0.05) is 23.8 Å². The standard InChI is InChI=1S/C19H16FN5O/c1-11-4-3-5-13(8-11)16-10-17-23-24-19(26)25(17)18(22-16)21-14-6-7-15(20)12(2)9-14/h3-10H,1-2H3,(H,21,22)(H,24,26). The highest BCUT2D eigenvalue weighted by Gasteiger charge is 2.12. The van der Waals surface area contributed by atoms with E-state index in [0.29, 0.717) is 28.5 Å². The highest BCUT2D eigenvalue weighted by atomic mass is 19.1. The van der Waals surface area contributed by atoms with Crippen LogP contribution in [0, 0.1) is 19.7 Å². The van der Waals surface area contributed by atoms with E-state index in [1.54, 1.807) is 25.1 Å². The molecular weight excluding hydrogens is 333 g/mol. The molecule has 4 rings (SSSR count). The van der Waals surface area contributed by atoms with Crippen molar-refractivity contribution in [2.45, 2.75) is 13.8 Å². The van der Waals surface area contributed by atoms with Crippen molar-refractivity contribution in [1.29, 1.82) is 0 Å². The average molecular weight is 349 g/mol. The molecule has 6 nitrogen and oxygen atoms in total. The van der Waals surface area contributed by atoms with Crippen molar-refractivity contribution >= 4 is 17.3 Å². The van der Waals surface area contributed by atoms with Crippen LogP contribution >= 0.6 is 0 Å². The van der Waals surface area contributed by atoms with Crippen molar-refractivity contribution < 1.29 is 4.39 Å². The van der Waals surface area contributed by atoms with Gasteiger partial charge in [-0.2, -0.15) is 5.10 Å². The summed E-state index contributed by atoms with van der Waals surface area (Å²) in [7, 11) is 0. The first-order valence-electron chi connectivity index (χ1n) is 8.10. The second-order valence-electron chi connectivity index (χ2n) is 6.15. The predicted octanol–water partition coefficient (Wildman–Crippen LogP) is 3.58. The topological polar surface area (TPSA) is 75.1 Å². The Kier molecular flexibility index (Phi) is 3.76. The number of aromatic amines is 1. The fourth-order valence-electron chi connectivity index (χ4n) is 2.82. The summed E-state index contributed by atoms with van der Waals surface area (Å²) in [4.78, 5) is 16.7. The van der Waals surface area contributed by atoms with E-state index in [0.717, 1.165) is 11.1 Å². The highest BCUT2D eigenvalue weighted by Crippen LogP contribution is 2.23. The maximum atomic E-state index is 13.5. The van der Waals surface area contributed by atoms with E-state index in [4.69, 9.17) is 0 Å². The minimum absolute atomic E-state index is 0.289. The van der Waals surface area contributed by atoms with Gasteiger partial charge in [0.2, 0.25) is 5.95 Å². The van der Waals surface area contributed by atoms with Gasteiger partial charge >= 0.3 is 5.69 Å². The van der Waals surface area contributed by atoms with E-state index in [1.165, 1.54) is 10.5 Å². The van der Waals surface area contributed by atoms with Crippen LogP contribution in [-0.2, 0) is 0 Å². The number of fused-ring (bicyclic) bond motifs is 1. The van der Waals surface area contributed by atoms with Crippen LogP contribution in [0.25, 0.3) is 16.9 Å². The molecule has 7 heteroatoms. The second kappa shape index (κ2) is 6.11. The smallest absolute Gasteiger partial charge is 0.325 e. The molecule has 0 unspecified atom stereocenters. The lowest BCUT2D eigenvalue weighted by Crippen LogP contribution is -2.14. The first-order valence-corrected chi connectivity index (χ1v) is 8.10. The van der Waals surface area contributed by atoms with Gasteiger partial charge < -0.3 is 5.32 Å². The second-order valence-corrected chi connectivity index (χ2v) is 6.15. The first kappa shape index (κ1) is 16.0. The van der Waals surface area contributed by atoms with Gasteiger partial charge in [0.05, 0.1) is 5.69 Å². The Balaban J connectivity index is 1.87. The Hall–Kier alpha value is -3.48. The summed E-state index contributed by atoms with van der Waals surface area (Å²) in [5, 5.41) is 9.57. The number of hydrogen-bond acceptors (Lipinski definition) is 4. The SMILES string of the molecule is Cc1cccc(-c2cc3n[nH]c(=O)n3c(Nc3ccc(F)c(C)c3)n2)c1.